The first-order valence-electron chi connectivity index (χ1n) is 7.58. The third-order valence-electron chi connectivity index (χ3n) is 4.00. The average Bonchev–Trinajstić information content (AvgIpc) is 3.15. The van der Waals surface area contributed by atoms with Crippen LogP contribution in [-0.2, 0) is 11.3 Å². The molecule has 0 saturated carbocycles. The maximum absolute atomic E-state index is 13.4. The summed E-state index contributed by atoms with van der Waals surface area (Å²) in [6.45, 7) is 0.876. The molecule has 1 saturated heterocycles. The predicted molar refractivity (Wildman–Crippen MR) is 81.9 cm³/mol. The topological polar surface area (TPSA) is 65.7 Å². The lowest BCUT2D eigenvalue weighted by molar-refractivity contribution is -0.122. The van der Waals surface area contributed by atoms with E-state index in [1.54, 1.807) is 24.5 Å². The molecule has 1 aliphatic rings. The molecule has 0 unspecified atom stereocenters. The third-order valence-corrected chi connectivity index (χ3v) is 4.00. The number of amides is 1. The molecule has 1 aromatic heterocycles. The van der Waals surface area contributed by atoms with Crippen molar-refractivity contribution in [3.8, 4) is 0 Å². The van der Waals surface area contributed by atoms with Crippen LogP contribution in [0.1, 0.15) is 23.8 Å². The molecule has 1 amide bonds. The summed E-state index contributed by atoms with van der Waals surface area (Å²) < 4.78 is 18.6. The van der Waals surface area contributed by atoms with Crippen LogP contribution in [0.2, 0.25) is 0 Å². The molecule has 2 heterocycles. The van der Waals surface area contributed by atoms with E-state index in [1.165, 1.54) is 12.1 Å². The number of nitrogens with zero attached hydrogens (tertiary/aromatic N) is 1. The second-order valence-corrected chi connectivity index (χ2v) is 5.75. The SMILES string of the molecule is O=C(CN1C[C@@H](O)C[C@@H]1c1cccc(F)c1)NCc1ccco1. The standard InChI is InChI=1S/C17H19FN2O3/c18-13-4-1-3-12(7-13)16-8-14(21)10-20(16)11-17(22)19-9-15-5-2-6-23-15/h1-7,14,16,21H,8-11H2,(H,19,22)/t14-,16+/m0/s1. The minimum Gasteiger partial charge on any atom is -0.467 e. The monoisotopic (exact) mass is 318 g/mol. The van der Waals surface area contributed by atoms with Crippen LogP contribution in [0.25, 0.3) is 0 Å². The van der Waals surface area contributed by atoms with Gasteiger partial charge < -0.3 is 14.8 Å². The number of likely N-dealkylation sites (tertiary alicyclic amines) is 1. The Hall–Kier alpha value is -2.18. The fourth-order valence-corrected chi connectivity index (χ4v) is 2.95. The minimum absolute atomic E-state index is 0.152. The van der Waals surface area contributed by atoms with Crippen molar-refractivity contribution in [2.24, 2.45) is 0 Å². The Labute approximate surface area is 133 Å². The highest BCUT2D eigenvalue weighted by atomic mass is 19.1. The summed E-state index contributed by atoms with van der Waals surface area (Å²) in [5.74, 6) is 0.213. The van der Waals surface area contributed by atoms with Crippen molar-refractivity contribution < 1.29 is 18.7 Å². The molecule has 0 spiro atoms. The van der Waals surface area contributed by atoms with Gasteiger partial charge in [-0.3, -0.25) is 9.69 Å². The van der Waals surface area contributed by atoms with Crippen molar-refractivity contribution in [1.82, 2.24) is 10.2 Å². The number of aliphatic hydroxyl groups is 1. The molecule has 2 atom stereocenters. The largest absolute Gasteiger partial charge is 0.467 e. The van der Waals surface area contributed by atoms with Crippen LogP contribution in [-0.4, -0.2) is 35.1 Å². The summed E-state index contributed by atoms with van der Waals surface area (Å²) in [6, 6.07) is 9.69. The first-order valence-corrected chi connectivity index (χ1v) is 7.58. The van der Waals surface area contributed by atoms with Gasteiger partial charge in [0, 0.05) is 12.6 Å². The number of β-amino-alcohol motifs (C(OH)–C–C–N with tert-alkyl or cyclic N) is 1. The van der Waals surface area contributed by atoms with Gasteiger partial charge in [-0.1, -0.05) is 12.1 Å². The maximum Gasteiger partial charge on any atom is 0.234 e. The van der Waals surface area contributed by atoms with Crippen LogP contribution >= 0.6 is 0 Å². The summed E-state index contributed by atoms with van der Waals surface area (Å²) in [7, 11) is 0. The molecule has 1 fully saturated rings. The van der Waals surface area contributed by atoms with Crippen LogP contribution in [0.4, 0.5) is 4.39 Å². The molecular weight excluding hydrogens is 299 g/mol. The van der Waals surface area contributed by atoms with Crippen molar-refractivity contribution in [2.75, 3.05) is 13.1 Å². The number of carbonyl (C=O) groups excluding carboxylic acids is 1. The number of benzene rings is 1. The number of furan rings is 1. The highest BCUT2D eigenvalue weighted by Crippen LogP contribution is 2.32. The van der Waals surface area contributed by atoms with Gasteiger partial charge in [-0.2, -0.15) is 0 Å². The summed E-state index contributed by atoms with van der Waals surface area (Å²) in [4.78, 5) is 14.0. The maximum atomic E-state index is 13.4. The smallest absolute Gasteiger partial charge is 0.234 e. The lowest BCUT2D eigenvalue weighted by atomic mass is 10.0. The Kier molecular flexibility index (Phi) is 4.73. The first kappa shape index (κ1) is 15.7. The highest BCUT2D eigenvalue weighted by molar-refractivity contribution is 5.78. The second-order valence-electron chi connectivity index (χ2n) is 5.75. The van der Waals surface area contributed by atoms with Gasteiger partial charge in [0.2, 0.25) is 5.91 Å². The van der Waals surface area contributed by atoms with Gasteiger partial charge in [-0.05, 0) is 36.2 Å². The summed E-state index contributed by atoms with van der Waals surface area (Å²) in [6.07, 6.45) is 1.54. The number of carbonyl (C=O) groups is 1. The third kappa shape index (κ3) is 3.97. The van der Waals surface area contributed by atoms with Crippen molar-refractivity contribution in [3.63, 3.8) is 0 Å². The normalized spacial score (nSPS) is 21.5. The van der Waals surface area contributed by atoms with E-state index >= 15 is 0 Å². The fraction of sp³-hybridized carbons (Fsp3) is 0.353. The molecule has 6 heteroatoms. The Morgan fingerprint density at radius 2 is 2.26 bits per heavy atom. The van der Waals surface area contributed by atoms with E-state index in [-0.39, 0.29) is 24.3 Å². The Balaban J connectivity index is 1.62. The van der Waals surface area contributed by atoms with Gasteiger partial charge >= 0.3 is 0 Å². The van der Waals surface area contributed by atoms with E-state index in [0.29, 0.717) is 25.3 Å². The zero-order chi connectivity index (χ0) is 16.2. The van der Waals surface area contributed by atoms with Crippen molar-refractivity contribution >= 4 is 5.91 Å². The minimum atomic E-state index is -0.513. The molecular formula is C17H19FN2O3. The van der Waals surface area contributed by atoms with Crippen LogP contribution in [0.5, 0.6) is 0 Å². The summed E-state index contributed by atoms with van der Waals surface area (Å²) >= 11 is 0. The van der Waals surface area contributed by atoms with Gasteiger partial charge in [-0.25, -0.2) is 4.39 Å². The van der Waals surface area contributed by atoms with Gasteiger partial charge in [0.15, 0.2) is 0 Å². The van der Waals surface area contributed by atoms with Crippen LogP contribution in [0, 0.1) is 5.82 Å². The van der Waals surface area contributed by atoms with Crippen molar-refractivity contribution in [3.05, 3.63) is 59.8 Å². The van der Waals surface area contributed by atoms with E-state index in [0.717, 1.165) is 5.56 Å². The highest BCUT2D eigenvalue weighted by Gasteiger charge is 2.33. The molecule has 1 aromatic carbocycles. The molecule has 5 nitrogen and oxygen atoms in total. The number of hydrogen-bond donors (Lipinski definition) is 2. The quantitative estimate of drug-likeness (QED) is 0.883. The van der Waals surface area contributed by atoms with E-state index in [1.807, 2.05) is 11.0 Å². The molecule has 0 radical (unpaired) electrons. The fourth-order valence-electron chi connectivity index (χ4n) is 2.95. The number of halogens is 1. The Morgan fingerprint density at radius 3 is 3.00 bits per heavy atom. The lowest BCUT2D eigenvalue weighted by Gasteiger charge is -2.23. The number of hydrogen-bond acceptors (Lipinski definition) is 4. The summed E-state index contributed by atoms with van der Waals surface area (Å²) in [5, 5.41) is 12.7. The zero-order valence-electron chi connectivity index (χ0n) is 12.6. The van der Waals surface area contributed by atoms with Crippen LogP contribution in [0.3, 0.4) is 0 Å². The van der Waals surface area contributed by atoms with Gasteiger partial charge in [-0.15, -0.1) is 0 Å². The van der Waals surface area contributed by atoms with Crippen molar-refractivity contribution in [1.29, 1.82) is 0 Å². The molecule has 3 rings (SSSR count). The first-order chi connectivity index (χ1) is 11.1. The Bertz CT molecular complexity index is 660. The van der Waals surface area contributed by atoms with E-state index in [4.69, 9.17) is 4.42 Å². The van der Waals surface area contributed by atoms with E-state index in [9.17, 15) is 14.3 Å². The van der Waals surface area contributed by atoms with E-state index < -0.39 is 6.10 Å². The molecule has 122 valence electrons. The molecule has 0 bridgehead atoms. The number of aliphatic hydroxyl groups excluding tert-OH is 1. The summed E-state index contributed by atoms with van der Waals surface area (Å²) in [5.41, 5.74) is 0.778. The number of rotatable bonds is 5. The van der Waals surface area contributed by atoms with Crippen LogP contribution < -0.4 is 5.32 Å². The van der Waals surface area contributed by atoms with Crippen molar-refractivity contribution in [2.45, 2.75) is 25.1 Å². The molecule has 23 heavy (non-hydrogen) atoms. The molecule has 0 aliphatic carbocycles. The van der Waals surface area contributed by atoms with E-state index in [2.05, 4.69) is 5.32 Å². The molecule has 1 aliphatic heterocycles. The van der Waals surface area contributed by atoms with Gasteiger partial charge in [0.05, 0.1) is 25.5 Å². The van der Waals surface area contributed by atoms with Gasteiger partial charge in [0.1, 0.15) is 11.6 Å². The predicted octanol–water partition coefficient (Wildman–Crippen LogP) is 1.84. The zero-order valence-corrected chi connectivity index (χ0v) is 12.6. The van der Waals surface area contributed by atoms with Crippen LogP contribution in [0.15, 0.2) is 47.1 Å². The van der Waals surface area contributed by atoms with Gasteiger partial charge in [0.25, 0.3) is 0 Å². The Morgan fingerprint density at radius 1 is 1.39 bits per heavy atom. The number of nitrogens with one attached hydrogen (secondary N) is 1. The molecule has 2 N–H and O–H groups in total. The average molecular weight is 318 g/mol. The molecule has 2 aromatic rings. The second kappa shape index (κ2) is 6.93. The lowest BCUT2D eigenvalue weighted by Crippen LogP contribution is -2.37.